The van der Waals surface area contributed by atoms with Crippen LogP contribution >= 0.6 is 0 Å². The van der Waals surface area contributed by atoms with Crippen LogP contribution in [0.2, 0.25) is 0 Å². The summed E-state index contributed by atoms with van der Waals surface area (Å²) < 4.78 is 175. The Morgan fingerprint density at radius 2 is 0.596 bits per heavy atom. The Bertz CT molecular complexity index is 4530. The second kappa shape index (κ2) is 22.1. The van der Waals surface area contributed by atoms with Crippen LogP contribution in [0.25, 0.3) is 129 Å². The first-order chi connectivity index (χ1) is 42.6. The monoisotopic (exact) mass is 1210 g/mol. The number of alkyl halides is 12. The molecule has 13 aromatic rings. The Balaban J connectivity index is 1.11. The Hall–Kier alpha value is -10.9. The number of nitrogens with zero attached hydrogens (tertiary/aromatic N) is 8. The van der Waals surface area contributed by atoms with Gasteiger partial charge in [-0.15, -0.1) is 0 Å². The SMILES string of the molecule is FC(F)(F)c1cc(-c2ccc3c(c2)c2cc(-c4cc(C(F)(F)F)cc(C(F)(F)F)c4)ccc2n3-c2ccc(-c3nc(-c4ccccc4)nc(-c4ccccc4)n3)cc2-c2cnccc2-c2nc(-c3ccccc3)nc(-c3ccccc3)n2)cc(C(F)(F)F)c1. The molecule has 0 aliphatic heterocycles. The van der Waals surface area contributed by atoms with Crippen LogP contribution < -0.4 is 0 Å². The number of pyridine rings is 1. The molecule has 0 radical (unpaired) electrons. The molecule has 0 N–H and O–H groups in total. The zero-order valence-corrected chi connectivity index (χ0v) is 45.6. The molecule has 9 aromatic carbocycles. The van der Waals surface area contributed by atoms with Gasteiger partial charge in [-0.3, -0.25) is 4.98 Å². The predicted molar refractivity (Wildman–Crippen MR) is 314 cm³/mol. The van der Waals surface area contributed by atoms with Crippen molar-refractivity contribution in [1.29, 1.82) is 0 Å². The Morgan fingerprint density at radius 1 is 0.258 bits per heavy atom. The van der Waals surface area contributed by atoms with Crippen LogP contribution in [0.15, 0.2) is 231 Å². The summed E-state index contributed by atoms with van der Waals surface area (Å²) in [6.45, 7) is 0. The van der Waals surface area contributed by atoms with E-state index < -0.39 is 58.1 Å². The lowest BCUT2D eigenvalue weighted by atomic mass is 9.96. The van der Waals surface area contributed by atoms with Crippen LogP contribution in [0.5, 0.6) is 0 Å². The zero-order chi connectivity index (χ0) is 62.0. The van der Waals surface area contributed by atoms with Crippen molar-refractivity contribution < 1.29 is 52.7 Å². The second-order valence-electron chi connectivity index (χ2n) is 20.6. The van der Waals surface area contributed by atoms with Gasteiger partial charge >= 0.3 is 24.7 Å². The van der Waals surface area contributed by atoms with Gasteiger partial charge in [0.25, 0.3) is 0 Å². The molecule has 0 saturated heterocycles. The van der Waals surface area contributed by atoms with Crippen molar-refractivity contribution in [3.63, 3.8) is 0 Å². The summed E-state index contributed by atoms with van der Waals surface area (Å²) in [5.74, 6) is 1.70. The molecule has 0 aliphatic carbocycles. The van der Waals surface area contributed by atoms with Crippen LogP contribution in [-0.2, 0) is 24.7 Å². The molecule has 4 heterocycles. The normalized spacial score (nSPS) is 12.3. The largest absolute Gasteiger partial charge is 0.416 e. The van der Waals surface area contributed by atoms with Crippen LogP contribution in [0, 0.1) is 0 Å². The third-order valence-corrected chi connectivity index (χ3v) is 14.9. The Labute approximate surface area is 497 Å². The van der Waals surface area contributed by atoms with E-state index >= 15 is 0 Å². The third kappa shape index (κ3) is 11.4. The highest BCUT2D eigenvalue weighted by atomic mass is 19.4. The van der Waals surface area contributed by atoms with E-state index in [0.29, 0.717) is 97.8 Å². The third-order valence-electron chi connectivity index (χ3n) is 14.9. The number of benzene rings is 9. The number of hydrogen-bond donors (Lipinski definition) is 0. The smallest absolute Gasteiger partial charge is 0.309 e. The van der Waals surface area contributed by atoms with Gasteiger partial charge < -0.3 is 4.57 Å². The van der Waals surface area contributed by atoms with E-state index in [1.54, 1.807) is 41.2 Å². The summed E-state index contributed by atoms with van der Waals surface area (Å²) in [7, 11) is 0. The highest BCUT2D eigenvalue weighted by molar-refractivity contribution is 6.12. The average molecular weight is 1210 g/mol. The van der Waals surface area contributed by atoms with Gasteiger partial charge in [-0.25, -0.2) is 29.9 Å². The highest BCUT2D eigenvalue weighted by Gasteiger charge is 2.39. The van der Waals surface area contributed by atoms with Crippen LogP contribution in [0.3, 0.4) is 0 Å². The fourth-order valence-electron chi connectivity index (χ4n) is 10.6. The number of fused-ring (bicyclic) bond motifs is 3. The number of rotatable bonds is 10. The molecule has 89 heavy (non-hydrogen) atoms. The summed E-state index contributed by atoms with van der Waals surface area (Å²) >= 11 is 0. The summed E-state index contributed by atoms with van der Waals surface area (Å²) in [6.07, 6.45) is -17.8. The number of halogens is 12. The van der Waals surface area contributed by atoms with Crippen molar-refractivity contribution in [3.05, 3.63) is 253 Å². The molecule has 0 amide bonds. The fraction of sp³-hybridized carbons (Fsp3) is 0.0580. The molecule has 13 rings (SSSR count). The molecule has 0 aliphatic rings. The summed E-state index contributed by atoms with van der Waals surface area (Å²) in [4.78, 5) is 34.4. The molecular weight excluding hydrogens is 1170 g/mol. The molecule has 0 saturated carbocycles. The lowest BCUT2D eigenvalue weighted by Crippen LogP contribution is -2.11. The molecule has 0 atom stereocenters. The highest BCUT2D eigenvalue weighted by Crippen LogP contribution is 2.46. The Kier molecular flexibility index (Phi) is 14.2. The van der Waals surface area contributed by atoms with E-state index in [1.807, 2.05) is 121 Å². The number of hydrogen-bond acceptors (Lipinski definition) is 7. The molecule has 20 heteroatoms. The van der Waals surface area contributed by atoms with Crippen LogP contribution in [-0.4, -0.2) is 39.5 Å². The van der Waals surface area contributed by atoms with E-state index in [9.17, 15) is 52.7 Å². The maximum Gasteiger partial charge on any atom is 0.416 e. The van der Waals surface area contributed by atoms with Gasteiger partial charge in [0.1, 0.15) is 0 Å². The van der Waals surface area contributed by atoms with E-state index in [4.69, 9.17) is 29.9 Å². The van der Waals surface area contributed by atoms with E-state index in [2.05, 4.69) is 4.98 Å². The van der Waals surface area contributed by atoms with Crippen LogP contribution in [0.1, 0.15) is 22.3 Å². The summed E-state index contributed by atoms with van der Waals surface area (Å²) in [5, 5.41) is 0.259. The molecule has 0 fully saturated rings. The molecule has 4 aromatic heterocycles. The topological polar surface area (TPSA) is 95.2 Å². The van der Waals surface area contributed by atoms with Gasteiger partial charge in [0.05, 0.1) is 39.0 Å². The maximum absolute atomic E-state index is 14.4. The Morgan fingerprint density at radius 3 is 0.955 bits per heavy atom. The van der Waals surface area contributed by atoms with Gasteiger partial charge in [-0.05, 0) is 107 Å². The zero-order valence-electron chi connectivity index (χ0n) is 45.6. The van der Waals surface area contributed by atoms with Gasteiger partial charge in [-0.1, -0.05) is 133 Å². The van der Waals surface area contributed by atoms with Crippen molar-refractivity contribution in [1.82, 2.24) is 39.5 Å². The van der Waals surface area contributed by atoms with Crippen molar-refractivity contribution >= 4 is 21.8 Å². The van der Waals surface area contributed by atoms with E-state index in [0.717, 1.165) is 0 Å². The maximum atomic E-state index is 14.4. The first-order valence-corrected chi connectivity index (χ1v) is 27.1. The first kappa shape index (κ1) is 57.2. The summed E-state index contributed by atoms with van der Waals surface area (Å²) in [6, 6.07) is 54.2. The second-order valence-corrected chi connectivity index (χ2v) is 20.6. The van der Waals surface area contributed by atoms with Crippen molar-refractivity contribution in [3.8, 4) is 107 Å². The molecule has 0 bridgehead atoms. The first-order valence-electron chi connectivity index (χ1n) is 27.1. The molecule has 0 spiro atoms. The van der Waals surface area contributed by atoms with Gasteiger partial charge in [0.2, 0.25) is 0 Å². The van der Waals surface area contributed by atoms with E-state index in [1.165, 1.54) is 36.4 Å². The fourth-order valence-corrected chi connectivity index (χ4v) is 10.6. The summed E-state index contributed by atoms with van der Waals surface area (Å²) in [5.41, 5.74) is -2.53. The minimum atomic E-state index is -5.22. The standard InChI is InChI=1S/C69H38F12N8/c70-66(71,72)48-29-46(30-49(36-48)67(73,74)75)43-21-24-57-53(33-43)54-34-44(47-31-50(68(76,77)78)37-51(32-47)69(79,80)81)22-25-58(54)89(57)59-26-23-45(64-85-60(39-13-5-1-6-14-39)83-61(86-64)40-15-7-2-8-16-40)35-55(59)56-38-82-28-27-52(56)65-87-62(41-17-9-3-10-18-41)84-63(88-65)42-19-11-4-12-20-42/h1-38H. The minimum absolute atomic E-state index is 0.00771. The average Bonchev–Trinajstić information content (AvgIpc) is 2.46. The minimum Gasteiger partial charge on any atom is -0.309 e. The predicted octanol–water partition coefficient (Wildman–Crippen LogP) is 19.6. The van der Waals surface area contributed by atoms with Crippen molar-refractivity contribution in [2.24, 2.45) is 0 Å². The van der Waals surface area contributed by atoms with Gasteiger partial charge in [0, 0.05) is 67.7 Å². The van der Waals surface area contributed by atoms with Gasteiger partial charge in [-0.2, -0.15) is 52.7 Å². The molecule has 0 unspecified atom stereocenters. The van der Waals surface area contributed by atoms with Crippen molar-refractivity contribution in [2.45, 2.75) is 24.7 Å². The molecule has 438 valence electrons. The number of aromatic nitrogens is 8. The molecular formula is C69H38F12N8. The quantitative estimate of drug-likeness (QED) is 0.126. The lowest BCUT2D eigenvalue weighted by Gasteiger charge is -2.18. The van der Waals surface area contributed by atoms with E-state index in [-0.39, 0.29) is 56.7 Å². The lowest BCUT2D eigenvalue weighted by molar-refractivity contribution is -0.144. The van der Waals surface area contributed by atoms with Crippen LogP contribution in [0.4, 0.5) is 52.7 Å². The molecule has 8 nitrogen and oxygen atoms in total. The van der Waals surface area contributed by atoms with Crippen molar-refractivity contribution in [2.75, 3.05) is 0 Å². The van der Waals surface area contributed by atoms with Gasteiger partial charge in [0.15, 0.2) is 34.9 Å².